The van der Waals surface area contributed by atoms with E-state index >= 15 is 0 Å². The fourth-order valence-electron chi connectivity index (χ4n) is 1.65. The second-order valence-corrected chi connectivity index (χ2v) is 3.61. The van der Waals surface area contributed by atoms with Crippen molar-refractivity contribution in [1.29, 1.82) is 0 Å². The van der Waals surface area contributed by atoms with Gasteiger partial charge in [0.2, 0.25) is 0 Å². The molecule has 1 aliphatic carbocycles. The van der Waals surface area contributed by atoms with Crippen LogP contribution < -0.4 is 0 Å². The average Bonchev–Trinajstić information content (AvgIpc) is 2.74. The van der Waals surface area contributed by atoms with Crippen LogP contribution in [0.4, 0.5) is 0 Å². The summed E-state index contributed by atoms with van der Waals surface area (Å²) in [6.45, 7) is 4.06. The maximum atomic E-state index is 2.62. The van der Waals surface area contributed by atoms with Crippen molar-refractivity contribution in [2.75, 3.05) is 19.6 Å². The van der Waals surface area contributed by atoms with Gasteiger partial charge in [0.1, 0.15) is 0 Å². The first-order valence-electron chi connectivity index (χ1n) is 4.49. The standard InChI is InChI=1S/C9H16N/c1-2-6-10(7-3-1)8-9-4-5-9/h1,9H,2-8H2. The third-order valence-corrected chi connectivity index (χ3v) is 2.51. The Kier molecular flexibility index (Phi) is 1.94. The lowest BCUT2D eigenvalue weighted by Crippen LogP contribution is -2.31. The fraction of sp³-hybridized carbons (Fsp3) is 0.889. The zero-order valence-electron chi connectivity index (χ0n) is 6.55. The third kappa shape index (κ3) is 1.72. The van der Waals surface area contributed by atoms with Crippen molar-refractivity contribution in [3.05, 3.63) is 6.42 Å². The first-order chi connectivity index (χ1) is 4.95. The van der Waals surface area contributed by atoms with Gasteiger partial charge < -0.3 is 4.90 Å². The molecular formula is C9H16N. The van der Waals surface area contributed by atoms with Gasteiger partial charge in [0.25, 0.3) is 0 Å². The van der Waals surface area contributed by atoms with Crippen LogP contribution in [0, 0.1) is 12.3 Å². The third-order valence-electron chi connectivity index (χ3n) is 2.51. The van der Waals surface area contributed by atoms with E-state index in [1.807, 2.05) is 0 Å². The maximum absolute atomic E-state index is 2.62. The van der Waals surface area contributed by atoms with Gasteiger partial charge in [-0.25, -0.2) is 0 Å². The lowest BCUT2D eigenvalue weighted by molar-refractivity contribution is 0.244. The molecule has 0 bridgehead atoms. The van der Waals surface area contributed by atoms with E-state index in [9.17, 15) is 0 Å². The van der Waals surface area contributed by atoms with Crippen molar-refractivity contribution >= 4 is 0 Å². The number of hydrogen-bond donors (Lipinski definition) is 0. The summed E-state index contributed by atoms with van der Waals surface area (Å²) in [4.78, 5) is 2.62. The zero-order valence-corrected chi connectivity index (χ0v) is 6.55. The Hall–Kier alpha value is -0.0400. The van der Waals surface area contributed by atoms with Crippen molar-refractivity contribution in [1.82, 2.24) is 4.90 Å². The molecule has 0 spiro atoms. The van der Waals surface area contributed by atoms with E-state index in [0.717, 1.165) is 5.92 Å². The van der Waals surface area contributed by atoms with Crippen molar-refractivity contribution in [2.24, 2.45) is 5.92 Å². The van der Waals surface area contributed by atoms with E-state index < -0.39 is 0 Å². The van der Waals surface area contributed by atoms with Crippen LogP contribution >= 0.6 is 0 Å². The summed E-state index contributed by atoms with van der Waals surface area (Å²) < 4.78 is 0. The van der Waals surface area contributed by atoms with Crippen LogP contribution in [-0.2, 0) is 0 Å². The van der Waals surface area contributed by atoms with Gasteiger partial charge in [-0.3, -0.25) is 0 Å². The Bertz CT molecular complexity index is 101. The first kappa shape index (κ1) is 6.66. The molecule has 0 aromatic carbocycles. The molecule has 0 aromatic heterocycles. The van der Waals surface area contributed by atoms with Gasteiger partial charge in [0.05, 0.1) is 0 Å². The van der Waals surface area contributed by atoms with Crippen molar-refractivity contribution in [3.8, 4) is 0 Å². The number of hydrogen-bond acceptors (Lipinski definition) is 1. The summed E-state index contributed by atoms with van der Waals surface area (Å²) in [6.07, 6.45) is 8.07. The molecular weight excluding hydrogens is 122 g/mol. The Morgan fingerprint density at radius 3 is 2.50 bits per heavy atom. The highest BCUT2D eigenvalue weighted by Gasteiger charge is 2.24. The van der Waals surface area contributed by atoms with E-state index in [2.05, 4.69) is 11.3 Å². The van der Waals surface area contributed by atoms with Gasteiger partial charge >= 0.3 is 0 Å². The summed E-state index contributed by atoms with van der Waals surface area (Å²) >= 11 is 0. The molecule has 1 aliphatic heterocycles. The van der Waals surface area contributed by atoms with Gasteiger partial charge in [0, 0.05) is 6.54 Å². The van der Waals surface area contributed by atoms with Crippen LogP contribution in [0.3, 0.4) is 0 Å². The number of rotatable bonds is 2. The van der Waals surface area contributed by atoms with Crippen LogP contribution in [0.2, 0.25) is 0 Å². The minimum Gasteiger partial charge on any atom is -0.303 e. The molecule has 1 saturated heterocycles. The topological polar surface area (TPSA) is 3.24 Å². The van der Waals surface area contributed by atoms with E-state index in [1.54, 1.807) is 0 Å². The second-order valence-electron chi connectivity index (χ2n) is 3.61. The van der Waals surface area contributed by atoms with Gasteiger partial charge in [-0.2, -0.15) is 0 Å². The lowest BCUT2D eigenvalue weighted by Gasteiger charge is -2.25. The molecule has 0 aromatic rings. The predicted octanol–water partition coefficient (Wildman–Crippen LogP) is 1.70. The largest absolute Gasteiger partial charge is 0.303 e. The minimum absolute atomic E-state index is 1.08. The van der Waals surface area contributed by atoms with Crippen molar-refractivity contribution in [3.63, 3.8) is 0 Å². The highest BCUT2D eigenvalue weighted by atomic mass is 15.1. The molecule has 1 radical (unpaired) electrons. The SMILES string of the molecule is [CH]1CCN(CC2CC2)CC1. The van der Waals surface area contributed by atoms with E-state index in [0.29, 0.717) is 0 Å². The molecule has 1 heterocycles. The molecule has 0 atom stereocenters. The van der Waals surface area contributed by atoms with E-state index in [1.165, 1.54) is 45.3 Å². The molecule has 1 nitrogen and oxygen atoms in total. The summed E-state index contributed by atoms with van der Waals surface area (Å²) in [6, 6.07) is 0. The molecule has 0 amide bonds. The molecule has 57 valence electrons. The molecule has 0 N–H and O–H groups in total. The molecule has 2 aliphatic rings. The predicted molar refractivity (Wildman–Crippen MR) is 42.7 cm³/mol. The summed E-state index contributed by atoms with van der Waals surface area (Å²) in [7, 11) is 0. The van der Waals surface area contributed by atoms with Crippen LogP contribution in [0.15, 0.2) is 0 Å². The summed E-state index contributed by atoms with van der Waals surface area (Å²) in [5.74, 6) is 1.08. The number of piperidine rings is 1. The Labute approximate surface area is 63.4 Å². The van der Waals surface area contributed by atoms with Crippen LogP contribution in [0.25, 0.3) is 0 Å². The minimum atomic E-state index is 1.08. The number of likely N-dealkylation sites (tertiary alicyclic amines) is 1. The highest BCUT2D eigenvalue weighted by molar-refractivity contribution is 4.82. The van der Waals surface area contributed by atoms with Crippen LogP contribution in [0.5, 0.6) is 0 Å². The maximum Gasteiger partial charge on any atom is 0.000966 e. The lowest BCUT2D eigenvalue weighted by atomic mass is 10.1. The normalized spacial score (nSPS) is 28.8. The Morgan fingerprint density at radius 2 is 1.90 bits per heavy atom. The van der Waals surface area contributed by atoms with E-state index in [4.69, 9.17) is 0 Å². The fourth-order valence-corrected chi connectivity index (χ4v) is 1.65. The molecule has 2 fully saturated rings. The van der Waals surface area contributed by atoms with Gasteiger partial charge in [0.15, 0.2) is 0 Å². The Morgan fingerprint density at radius 1 is 1.20 bits per heavy atom. The van der Waals surface area contributed by atoms with Crippen LogP contribution in [0.1, 0.15) is 25.7 Å². The van der Waals surface area contributed by atoms with Crippen LogP contribution in [-0.4, -0.2) is 24.5 Å². The Balaban J connectivity index is 1.69. The van der Waals surface area contributed by atoms with Crippen molar-refractivity contribution < 1.29 is 0 Å². The molecule has 1 saturated carbocycles. The average molecular weight is 138 g/mol. The quantitative estimate of drug-likeness (QED) is 0.561. The molecule has 0 unspecified atom stereocenters. The second kappa shape index (κ2) is 2.91. The summed E-state index contributed by atoms with van der Waals surface area (Å²) in [5, 5.41) is 0. The van der Waals surface area contributed by atoms with Gasteiger partial charge in [-0.05, 0) is 51.1 Å². The first-order valence-corrected chi connectivity index (χ1v) is 4.49. The summed E-state index contributed by atoms with van der Waals surface area (Å²) in [5.41, 5.74) is 0. The van der Waals surface area contributed by atoms with Crippen molar-refractivity contribution in [2.45, 2.75) is 25.7 Å². The zero-order chi connectivity index (χ0) is 6.81. The van der Waals surface area contributed by atoms with Gasteiger partial charge in [-0.1, -0.05) is 0 Å². The molecule has 10 heavy (non-hydrogen) atoms. The van der Waals surface area contributed by atoms with E-state index in [-0.39, 0.29) is 0 Å². The monoisotopic (exact) mass is 138 g/mol. The molecule has 1 heteroatoms. The highest BCUT2D eigenvalue weighted by Crippen LogP contribution is 2.30. The number of nitrogens with zero attached hydrogens (tertiary/aromatic N) is 1. The van der Waals surface area contributed by atoms with Gasteiger partial charge in [-0.15, -0.1) is 0 Å². The smallest absolute Gasteiger partial charge is 0.000966 e. The molecule has 2 rings (SSSR count).